The van der Waals surface area contributed by atoms with Crippen molar-refractivity contribution in [3.63, 3.8) is 0 Å². The lowest BCUT2D eigenvalue weighted by atomic mass is 10.1. The normalized spacial score (nSPS) is 16.9. The van der Waals surface area contributed by atoms with Gasteiger partial charge in [-0.1, -0.05) is 54.9 Å². The Kier molecular flexibility index (Phi) is 5.91. The molecule has 1 unspecified atom stereocenters. The molecule has 2 aromatic rings. The van der Waals surface area contributed by atoms with Crippen LogP contribution < -0.4 is 5.32 Å². The first kappa shape index (κ1) is 18.4. The Bertz CT molecular complexity index is 820. The van der Waals surface area contributed by atoms with Gasteiger partial charge in [-0.05, 0) is 29.8 Å². The SMILES string of the molecule is CCNCc1ccc(Cl)c(C2=NC(c3ccccc3)N(C)C(OC)=N2)c1. The number of halogens is 1. The third kappa shape index (κ3) is 3.89. The number of ether oxygens (including phenoxy) is 1. The van der Waals surface area contributed by atoms with Crippen molar-refractivity contribution < 1.29 is 4.74 Å². The number of hydrogen-bond donors (Lipinski definition) is 1. The van der Waals surface area contributed by atoms with Gasteiger partial charge >= 0.3 is 0 Å². The Balaban J connectivity index is 2.03. The molecule has 0 aliphatic carbocycles. The van der Waals surface area contributed by atoms with Crippen LogP contribution >= 0.6 is 11.6 Å². The zero-order valence-electron chi connectivity index (χ0n) is 15.2. The van der Waals surface area contributed by atoms with Crippen LogP contribution in [0.4, 0.5) is 0 Å². The predicted octanol–water partition coefficient (Wildman–Crippen LogP) is 3.84. The van der Waals surface area contributed by atoms with E-state index in [9.17, 15) is 0 Å². The van der Waals surface area contributed by atoms with Crippen LogP contribution in [0.3, 0.4) is 0 Å². The summed E-state index contributed by atoms with van der Waals surface area (Å²) in [6.45, 7) is 3.76. The Morgan fingerprint density at radius 1 is 1.19 bits per heavy atom. The second-order valence-corrected chi connectivity index (χ2v) is 6.45. The highest BCUT2D eigenvalue weighted by atomic mass is 35.5. The van der Waals surface area contributed by atoms with Crippen molar-refractivity contribution >= 4 is 23.5 Å². The highest BCUT2D eigenvalue weighted by Crippen LogP contribution is 2.28. The van der Waals surface area contributed by atoms with Crippen LogP contribution in [0.15, 0.2) is 58.5 Å². The maximum atomic E-state index is 6.46. The number of aliphatic imine (C=N–C) groups is 2. The van der Waals surface area contributed by atoms with Crippen LogP contribution in [0, 0.1) is 0 Å². The number of methoxy groups -OCH3 is 1. The minimum atomic E-state index is -0.216. The largest absolute Gasteiger partial charge is 0.468 e. The van der Waals surface area contributed by atoms with E-state index >= 15 is 0 Å². The van der Waals surface area contributed by atoms with Crippen molar-refractivity contribution in [2.24, 2.45) is 9.98 Å². The van der Waals surface area contributed by atoms with Crippen LogP contribution in [0.5, 0.6) is 0 Å². The van der Waals surface area contributed by atoms with E-state index in [0.717, 1.165) is 29.8 Å². The number of nitrogens with zero attached hydrogens (tertiary/aromatic N) is 3. The van der Waals surface area contributed by atoms with Crippen LogP contribution in [-0.2, 0) is 11.3 Å². The molecule has 136 valence electrons. The van der Waals surface area contributed by atoms with Gasteiger partial charge in [0.25, 0.3) is 6.02 Å². The third-order valence-electron chi connectivity index (χ3n) is 4.25. The summed E-state index contributed by atoms with van der Waals surface area (Å²) in [6.07, 6.45) is -0.216. The number of amidine groups is 2. The molecule has 2 aromatic carbocycles. The summed E-state index contributed by atoms with van der Waals surface area (Å²) in [4.78, 5) is 11.3. The van der Waals surface area contributed by atoms with Crippen LogP contribution in [0.25, 0.3) is 0 Å². The van der Waals surface area contributed by atoms with E-state index in [-0.39, 0.29) is 6.17 Å². The van der Waals surface area contributed by atoms with Crippen molar-refractivity contribution in [2.75, 3.05) is 20.7 Å². The second kappa shape index (κ2) is 8.34. The van der Waals surface area contributed by atoms with E-state index in [2.05, 4.69) is 17.2 Å². The molecule has 0 aromatic heterocycles. The summed E-state index contributed by atoms with van der Waals surface area (Å²) >= 11 is 6.46. The smallest absolute Gasteiger partial charge is 0.295 e. The maximum absolute atomic E-state index is 6.46. The summed E-state index contributed by atoms with van der Waals surface area (Å²) in [6, 6.07) is 16.5. The summed E-state index contributed by atoms with van der Waals surface area (Å²) in [7, 11) is 3.53. The zero-order valence-corrected chi connectivity index (χ0v) is 16.0. The summed E-state index contributed by atoms with van der Waals surface area (Å²) < 4.78 is 5.48. The number of hydrogen-bond acceptors (Lipinski definition) is 5. The van der Waals surface area contributed by atoms with Crippen LogP contribution in [-0.4, -0.2) is 37.5 Å². The molecule has 6 heteroatoms. The van der Waals surface area contributed by atoms with Crippen LogP contribution in [0.1, 0.15) is 29.8 Å². The lowest BCUT2D eigenvalue weighted by Gasteiger charge is -2.30. The number of rotatable bonds is 5. The van der Waals surface area contributed by atoms with Crippen molar-refractivity contribution in [3.05, 3.63) is 70.2 Å². The first-order chi connectivity index (χ1) is 12.6. The van der Waals surface area contributed by atoms with E-state index in [4.69, 9.17) is 21.3 Å². The number of benzene rings is 2. The third-order valence-corrected chi connectivity index (χ3v) is 4.58. The molecule has 1 aliphatic heterocycles. The highest BCUT2D eigenvalue weighted by Gasteiger charge is 2.27. The minimum absolute atomic E-state index is 0.216. The van der Waals surface area contributed by atoms with E-state index in [1.807, 2.05) is 60.5 Å². The highest BCUT2D eigenvalue weighted by molar-refractivity contribution is 6.34. The van der Waals surface area contributed by atoms with E-state index in [1.54, 1.807) is 7.11 Å². The van der Waals surface area contributed by atoms with E-state index in [0.29, 0.717) is 16.9 Å². The van der Waals surface area contributed by atoms with Gasteiger partial charge in [0, 0.05) is 19.2 Å². The van der Waals surface area contributed by atoms with Crippen molar-refractivity contribution in [2.45, 2.75) is 19.6 Å². The first-order valence-corrected chi connectivity index (χ1v) is 8.99. The Labute approximate surface area is 159 Å². The molecule has 26 heavy (non-hydrogen) atoms. The standard InChI is InChI=1S/C20H23ClN4O/c1-4-22-13-14-10-11-17(21)16(12-14)18-23-19(15-8-6-5-7-9-15)25(2)20(24-18)26-3/h5-12,19,22H,4,13H2,1-3H3. The quantitative estimate of drug-likeness (QED) is 0.869. The molecule has 0 saturated heterocycles. The van der Waals surface area contributed by atoms with E-state index < -0.39 is 0 Å². The Morgan fingerprint density at radius 2 is 1.96 bits per heavy atom. The fourth-order valence-corrected chi connectivity index (χ4v) is 3.07. The number of nitrogens with one attached hydrogen (secondary N) is 1. The van der Waals surface area contributed by atoms with Gasteiger partial charge in [-0.2, -0.15) is 4.99 Å². The molecule has 0 amide bonds. The lowest BCUT2D eigenvalue weighted by Crippen LogP contribution is -2.36. The van der Waals surface area contributed by atoms with Gasteiger partial charge in [-0.15, -0.1) is 0 Å². The van der Waals surface area contributed by atoms with Gasteiger partial charge in [0.05, 0.1) is 12.1 Å². The maximum Gasteiger partial charge on any atom is 0.295 e. The molecule has 0 saturated carbocycles. The molecule has 0 bridgehead atoms. The molecule has 1 heterocycles. The fourth-order valence-electron chi connectivity index (χ4n) is 2.87. The second-order valence-electron chi connectivity index (χ2n) is 6.04. The Hall–Kier alpha value is -2.37. The van der Waals surface area contributed by atoms with E-state index in [1.165, 1.54) is 0 Å². The molecule has 3 rings (SSSR count). The molecule has 0 spiro atoms. The minimum Gasteiger partial charge on any atom is -0.468 e. The van der Waals surface area contributed by atoms with Gasteiger partial charge in [-0.3, -0.25) is 0 Å². The first-order valence-electron chi connectivity index (χ1n) is 8.61. The molecule has 5 nitrogen and oxygen atoms in total. The van der Waals surface area contributed by atoms with Gasteiger partial charge in [-0.25, -0.2) is 4.99 Å². The fraction of sp³-hybridized carbons (Fsp3) is 0.300. The monoisotopic (exact) mass is 370 g/mol. The average molecular weight is 371 g/mol. The van der Waals surface area contributed by atoms with Crippen molar-refractivity contribution in [1.82, 2.24) is 10.2 Å². The van der Waals surface area contributed by atoms with Gasteiger partial charge in [0.15, 0.2) is 12.0 Å². The molecule has 1 aliphatic rings. The predicted molar refractivity (Wildman–Crippen MR) is 107 cm³/mol. The van der Waals surface area contributed by atoms with Crippen LogP contribution in [0.2, 0.25) is 5.02 Å². The molecular weight excluding hydrogens is 348 g/mol. The topological polar surface area (TPSA) is 49.2 Å². The van der Waals surface area contributed by atoms with Gasteiger partial charge < -0.3 is 15.0 Å². The summed E-state index contributed by atoms with van der Waals surface area (Å²) in [5.74, 6) is 0.581. The summed E-state index contributed by atoms with van der Waals surface area (Å²) in [5, 5.41) is 3.95. The molecular formula is C20H23ClN4O. The molecule has 1 N–H and O–H groups in total. The van der Waals surface area contributed by atoms with Crippen molar-refractivity contribution in [1.29, 1.82) is 0 Å². The Morgan fingerprint density at radius 3 is 2.65 bits per heavy atom. The van der Waals surface area contributed by atoms with Gasteiger partial charge in [0.1, 0.15) is 0 Å². The molecule has 1 atom stereocenters. The molecule has 0 fully saturated rings. The van der Waals surface area contributed by atoms with Crippen molar-refractivity contribution in [3.8, 4) is 0 Å². The zero-order chi connectivity index (χ0) is 18.5. The average Bonchev–Trinajstić information content (AvgIpc) is 2.68. The lowest BCUT2D eigenvalue weighted by molar-refractivity contribution is 0.264. The molecule has 0 radical (unpaired) electrons. The summed E-state index contributed by atoms with van der Waals surface area (Å²) in [5.41, 5.74) is 3.01. The van der Waals surface area contributed by atoms with Gasteiger partial charge in [0.2, 0.25) is 0 Å².